The fourth-order valence-corrected chi connectivity index (χ4v) is 2.09. The Kier molecular flexibility index (Phi) is 5.44. The lowest BCUT2D eigenvalue weighted by molar-refractivity contribution is -0.137. The molecule has 0 N–H and O–H groups in total. The molecule has 0 aliphatic carbocycles. The van der Waals surface area contributed by atoms with Crippen LogP contribution in [0.5, 0.6) is 5.75 Å². The van der Waals surface area contributed by atoms with E-state index >= 15 is 0 Å². The standard InChI is InChI=1S/C17H17F3NO/c1-21-12-11-16(13-5-3-2-4-6-13)22-15-9-7-14(8-10-15)17(18,19)20/h2-10,16H,11-12H2,1H3/q-1/t16-/m0/s1. The zero-order valence-corrected chi connectivity index (χ0v) is 12.2. The van der Waals surface area contributed by atoms with Crippen molar-refractivity contribution in [2.45, 2.75) is 18.7 Å². The Morgan fingerprint density at radius 1 is 1.00 bits per heavy atom. The third kappa shape index (κ3) is 4.49. The first-order valence-electron chi connectivity index (χ1n) is 6.95. The van der Waals surface area contributed by atoms with Gasteiger partial charge in [0.15, 0.2) is 0 Å². The lowest BCUT2D eigenvalue weighted by atomic mass is 10.1. The molecule has 0 radical (unpaired) electrons. The minimum atomic E-state index is -4.33. The van der Waals surface area contributed by atoms with Gasteiger partial charge in [0.05, 0.1) is 5.56 Å². The van der Waals surface area contributed by atoms with Crippen LogP contribution in [0.2, 0.25) is 0 Å². The van der Waals surface area contributed by atoms with E-state index in [-0.39, 0.29) is 6.10 Å². The lowest BCUT2D eigenvalue weighted by Gasteiger charge is -2.23. The Balaban J connectivity index is 2.13. The maximum absolute atomic E-state index is 12.6. The van der Waals surface area contributed by atoms with Crippen LogP contribution in [-0.2, 0) is 6.18 Å². The largest absolute Gasteiger partial charge is 0.665 e. The van der Waals surface area contributed by atoms with Crippen LogP contribution >= 0.6 is 0 Å². The van der Waals surface area contributed by atoms with Gasteiger partial charge in [-0.2, -0.15) is 20.2 Å². The van der Waals surface area contributed by atoms with Crippen LogP contribution < -0.4 is 4.74 Å². The third-order valence-corrected chi connectivity index (χ3v) is 3.25. The Hall–Kier alpha value is -2.01. The van der Waals surface area contributed by atoms with Crippen molar-refractivity contribution in [1.82, 2.24) is 0 Å². The van der Waals surface area contributed by atoms with Crippen LogP contribution in [0.15, 0.2) is 54.6 Å². The quantitative estimate of drug-likeness (QED) is 0.717. The molecule has 22 heavy (non-hydrogen) atoms. The summed E-state index contributed by atoms with van der Waals surface area (Å²) in [7, 11) is 1.72. The second-order valence-corrected chi connectivity index (χ2v) is 4.87. The molecule has 2 aromatic carbocycles. The normalized spacial score (nSPS) is 12.9. The summed E-state index contributed by atoms with van der Waals surface area (Å²) in [5.41, 5.74) is 0.297. The molecule has 0 bridgehead atoms. The predicted octanol–water partition coefficient (Wildman–Crippen LogP) is 5.22. The van der Waals surface area contributed by atoms with Crippen molar-refractivity contribution in [3.8, 4) is 5.75 Å². The molecule has 2 aromatic rings. The van der Waals surface area contributed by atoms with E-state index in [4.69, 9.17) is 4.74 Å². The molecule has 0 heterocycles. The SMILES string of the molecule is C[N-]CC[C@H](Oc1ccc(C(F)(F)F)cc1)c1ccccc1. The highest BCUT2D eigenvalue weighted by molar-refractivity contribution is 5.30. The Labute approximate surface area is 127 Å². The molecule has 0 aliphatic rings. The molecule has 5 heteroatoms. The first kappa shape index (κ1) is 16.4. The Bertz CT molecular complexity index is 567. The summed E-state index contributed by atoms with van der Waals surface area (Å²) in [4.78, 5) is 0. The molecule has 2 nitrogen and oxygen atoms in total. The highest BCUT2D eigenvalue weighted by atomic mass is 19.4. The predicted molar refractivity (Wildman–Crippen MR) is 80.0 cm³/mol. The molecular formula is C17H17F3NO-. The second-order valence-electron chi connectivity index (χ2n) is 4.87. The molecule has 0 amide bonds. The Morgan fingerprint density at radius 3 is 2.18 bits per heavy atom. The highest BCUT2D eigenvalue weighted by Gasteiger charge is 2.30. The fraction of sp³-hybridized carbons (Fsp3) is 0.294. The molecule has 0 unspecified atom stereocenters. The van der Waals surface area contributed by atoms with Gasteiger partial charge in [0, 0.05) is 0 Å². The minimum absolute atomic E-state index is 0.235. The number of benzene rings is 2. The molecule has 0 aromatic heterocycles. The molecular weight excluding hydrogens is 291 g/mol. The number of ether oxygens (including phenoxy) is 1. The molecule has 2 rings (SSSR count). The van der Waals surface area contributed by atoms with Crippen molar-refractivity contribution >= 4 is 0 Å². The van der Waals surface area contributed by atoms with E-state index in [2.05, 4.69) is 5.32 Å². The fourth-order valence-electron chi connectivity index (χ4n) is 2.09. The summed E-state index contributed by atoms with van der Waals surface area (Å²) in [6, 6.07) is 14.3. The van der Waals surface area contributed by atoms with Gasteiger partial charge in [0.25, 0.3) is 0 Å². The van der Waals surface area contributed by atoms with Gasteiger partial charge in [-0.3, -0.25) is 0 Å². The third-order valence-electron chi connectivity index (χ3n) is 3.25. The number of hydrogen-bond donors (Lipinski definition) is 0. The summed E-state index contributed by atoms with van der Waals surface area (Å²) < 4.78 is 43.5. The van der Waals surface area contributed by atoms with E-state index in [1.807, 2.05) is 30.3 Å². The van der Waals surface area contributed by atoms with E-state index in [0.717, 1.165) is 17.7 Å². The van der Waals surface area contributed by atoms with Gasteiger partial charge >= 0.3 is 6.18 Å². The van der Waals surface area contributed by atoms with E-state index in [1.165, 1.54) is 12.1 Å². The molecule has 0 fully saturated rings. The zero-order chi connectivity index (χ0) is 16.0. The summed E-state index contributed by atoms with van der Waals surface area (Å²) in [5.74, 6) is 0.415. The van der Waals surface area contributed by atoms with Gasteiger partial charge in [-0.25, -0.2) is 0 Å². The first-order chi connectivity index (χ1) is 10.5. The van der Waals surface area contributed by atoms with Crippen molar-refractivity contribution in [1.29, 1.82) is 0 Å². The van der Waals surface area contributed by atoms with Crippen molar-refractivity contribution < 1.29 is 17.9 Å². The van der Waals surface area contributed by atoms with Crippen LogP contribution in [0.1, 0.15) is 23.7 Å². The molecule has 0 saturated heterocycles. The summed E-state index contributed by atoms with van der Waals surface area (Å²) in [6.07, 6.45) is -3.90. The van der Waals surface area contributed by atoms with Gasteiger partial charge in [-0.1, -0.05) is 30.3 Å². The van der Waals surface area contributed by atoms with E-state index in [9.17, 15) is 13.2 Å². The summed E-state index contributed by atoms with van der Waals surface area (Å²) >= 11 is 0. The zero-order valence-electron chi connectivity index (χ0n) is 12.2. The first-order valence-corrected chi connectivity index (χ1v) is 6.95. The maximum atomic E-state index is 12.6. The van der Waals surface area contributed by atoms with Gasteiger partial charge in [0.1, 0.15) is 11.9 Å². The van der Waals surface area contributed by atoms with E-state index in [0.29, 0.717) is 18.7 Å². The molecule has 118 valence electrons. The van der Waals surface area contributed by atoms with Gasteiger partial charge in [0.2, 0.25) is 0 Å². The van der Waals surface area contributed by atoms with Crippen LogP contribution in [0.4, 0.5) is 13.2 Å². The van der Waals surface area contributed by atoms with Crippen LogP contribution in [0, 0.1) is 0 Å². The minimum Gasteiger partial charge on any atom is -0.665 e. The number of nitrogens with zero attached hydrogens (tertiary/aromatic N) is 1. The average Bonchev–Trinajstić information content (AvgIpc) is 2.52. The smallest absolute Gasteiger partial charge is 0.416 e. The molecule has 0 saturated carbocycles. The number of alkyl halides is 3. The molecule has 1 atom stereocenters. The number of halogens is 3. The number of rotatable bonds is 6. The Morgan fingerprint density at radius 2 is 1.64 bits per heavy atom. The monoisotopic (exact) mass is 308 g/mol. The van der Waals surface area contributed by atoms with Crippen molar-refractivity contribution in [3.63, 3.8) is 0 Å². The van der Waals surface area contributed by atoms with Crippen molar-refractivity contribution in [2.75, 3.05) is 13.6 Å². The molecule has 0 aliphatic heterocycles. The number of hydrogen-bond acceptors (Lipinski definition) is 1. The second kappa shape index (κ2) is 7.31. The van der Waals surface area contributed by atoms with Crippen molar-refractivity contribution in [2.24, 2.45) is 0 Å². The van der Waals surface area contributed by atoms with Gasteiger partial charge < -0.3 is 10.1 Å². The van der Waals surface area contributed by atoms with Crippen molar-refractivity contribution in [3.05, 3.63) is 71.0 Å². The summed E-state index contributed by atoms with van der Waals surface area (Å²) in [6.45, 7) is 0.625. The van der Waals surface area contributed by atoms with Crippen LogP contribution in [0.3, 0.4) is 0 Å². The van der Waals surface area contributed by atoms with Crippen LogP contribution in [-0.4, -0.2) is 13.6 Å². The average molecular weight is 308 g/mol. The van der Waals surface area contributed by atoms with E-state index in [1.54, 1.807) is 7.05 Å². The van der Waals surface area contributed by atoms with Gasteiger partial charge in [-0.15, -0.1) is 6.54 Å². The van der Waals surface area contributed by atoms with E-state index < -0.39 is 11.7 Å². The maximum Gasteiger partial charge on any atom is 0.416 e. The topological polar surface area (TPSA) is 23.3 Å². The highest BCUT2D eigenvalue weighted by Crippen LogP contribution is 2.31. The lowest BCUT2D eigenvalue weighted by Crippen LogP contribution is -2.10. The molecule has 0 spiro atoms. The summed E-state index contributed by atoms with van der Waals surface area (Å²) in [5, 5.41) is 4.06. The van der Waals surface area contributed by atoms with Gasteiger partial charge in [-0.05, 0) is 36.2 Å². The van der Waals surface area contributed by atoms with Crippen LogP contribution in [0.25, 0.3) is 5.32 Å².